The van der Waals surface area contributed by atoms with E-state index in [4.69, 9.17) is 4.74 Å². The molecule has 0 spiro atoms. The quantitative estimate of drug-likeness (QED) is 0.482. The third-order valence-electron chi connectivity index (χ3n) is 4.86. The molecule has 4 rings (SSSR count). The lowest BCUT2D eigenvalue weighted by Gasteiger charge is -2.17. The molecule has 4 aromatic rings. The number of amides is 1. The summed E-state index contributed by atoms with van der Waals surface area (Å²) in [6.07, 6.45) is 3.11. The van der Waals surface area contributed by atoms with Gasteiger partial charge in [-0.05, 0) is 54.4 Å². The third-order valence-corrected chi connectivity index (χ3v) is 4.86. The van der Waals surface area contributed by atoms with Crippen LogP contribution in [0.3, 0.4) is 0 Å². The summed E-state index contributed by atoms with van der Waals surface area (Å²) in [5, 5.41) is 7.12. The zero-order valence-corrected chi connectivity index (χ0v) is 16.9. The molecule has 0 aliphatic heterocycles. The van der Waals surface area contributed by atoms with Gasteiger partial charge in [0.25, 0.3) is 5.91 Å². The second kappa shape index (κ2) is 9.21. The number of carbonyl (C=O) groups excluding carboxylic acids is 1. The second-order valence-electron chi connectivity index (χ2n) is 7.04. The van der Waals surface area contributed by atoms with E-state index in [2.05, 4.69) is 15.4 Å². The van der Waals surface area contributed by atoms with Crippen molar-refractivity contribution in [3.05, 3.63) is 108 Å². The average molecular weight is 416 g/mol. The van der Waals surface area contributed by atoms with Crippen molar-refractivity contribution in [2.75, 3.05) is 0 Å². The van der Waals surface area contributed by atoms with Gasteiger partial charge in [0.1, 0.15) is 30.8 Å². The number of nitrogens with one attached hydrogen (secondary N) is 1. The van der Waals surface area contributed by atoms with Crippen LogP contribution >= 0.6 is 0 Å². The van der Waals surface area contributed by atoms with Gasteiger partial charge in [0.2, 0.25) is 0 Å². The molecule has 1 aromatic heterocycles. The van der Waals surface area contributed by atoms with Gasteiger partial charge in [-0.1, -0.05) is 36.4 Å². The number of nitrogens with zero attached hydrogens (tertiary/aromatic N) is 3. The number of benzene rings is 3. The first-order chi connectivity index (χ1) is 15.1. The predicted octanol–water partition coefficient (Wildman–Crippen LogP) is 4.48. The number of rotatable bonds is 7. The maximum absolute atomic E-state index is 13.1. The van der Waals surface area contributed by atoms with Crippen molar-refractivity contribution >= 4 is 5.91 Å². The highest BCUT2D eigenvalue weighted by Gasteiger charge is 2.16. The molecule has 0 unspecified atom stereocenters. The van der Waals surface area contributed by atoms with Crippen molar-refractivity contribution in [1.82, 2.24) is 20.1 Å². The Kier molecular flexibility index (Phi) is 6.03. The van der Waals surface area contributed by atoms with Gasteiger partial charge >= 0.3 is 0 Å². The number of ether oxygens (including phenoxy) is 1. The van der Waals surface area contributed by atoms with Gasteiger partial charge in [0, 0.05) is 0 Å². The van der Waals surface area contributed by atoms with E-state index in [1.165, 1.54) is 18.5 Å². The number of aromatic nitrogens is 3. The molecule has 31 heavy (non-hydrogen) atoms. The minimum Gasteiger partial charge on any atom is -0.488 e. The Morgan fingerprint density at radius 1 is 1.06 bits per heavy atom. The maximum Gasteiger partial charge on any atom is 0.255 e. The molecule has 1 N–H and O–H groups in total. The summed E-state index contributed by atoms with van der Waals surface area (Å²) in [6.45, 7) is 2.16. The van der Waals surface area contributed by atoms with Crippen molar-refractivity contribution in [2.45, 2.75) is 19.6 Å². The molecule has 156 valence electrons. The fourth-order valence-corrected chi connectivity index (χ4v) is 3.14. The van der Waals surface area contributed by atoms with Crippen LogP contribution in [0, 0.1) is 5.82 Å². The van der Waals surface area contributed by atoms with Gasteiger partial charge < -0.3 is 10.1 Å². The molecule has 0 aliphatic carbocycles. The van der Waals surface area contributed by atoms with Crippen molar-refractivity contribution in [1.29, 1.82) is 0 Å². The minimum absolute atomic E-state index is 0.206. The van der Waals surface area contributed by atoms with Crippen LogP contribution in [0.1, 0.15) is 34.5 Å². The smallest absolute Gasteiger partial charge is 0.255 e. The maximum atomic E-state index is 13.1. The van der Waals surface area contributed by atoms with Crippen LogP contribution in [-0.2, 0) is 6.61 Å². The summed E-state index contributed by atoms with van der Waals surface area (Å²) < 4.78 is 20.6. The van der Waals surface area contributed by atoms with Crippen molar-refractivity contribution < 1.29 is 13.9 Å². The highest BCUT2D eigenvalue weighted by atomic mass is 19.1. The van der Waals surface area contributed by atoms with Gasteiger partial charge in [-0.2, -0.15) is 5.10 Å². The lowest BCUT2D eigenvalue weighted by atomic mass is 10.1. The highest BCUT2D eigenvalue weighted by Crippen LogP contribution is 2.22. The Balaban J connectivity index is 1.42. The van der Waals surface area contributed by atoms with Crippen molar-refractivity contribution in [2.24, 2.45) is 0 Å². The van der Waals surface area contributed by atoms with E-state index in [1.54, 1.807) is 41.3 Å². The molecule has 0 fully saturated rings. The number of carbonyl (C=O) groups is 1. The van der Waals surface area contributed by atoms with Crippen molar-refractivity contribution in [3.63, 3.8) is 0 Å². The Bertz CT molecular complexity index is 1140. The molecule has 0 saturated carbocycles. The Labute approximate surface area is 179 Å². The molecule has 1 amide bonds. The van der Waals surface area contributed by atoms with Crippen LogP contribution in [-0.4, -0.2) is 20.7 Å². The average Bonchev–Trinajstić information content (AvgIpc) is 3.34. The summed E-state index contributed by atoms with van der Waals surface area (Å²) in [5.41, 5.74) is 3.11. The van der Waals surface area contributed by atoms with Gasteiger partial charge in [-0.15, -0.1) is 0 Å². The fraction of sp³-hybridized carbons (Fsp3) is 0.125. The minimum atomic E-state index is -0.299. The number of para-hydroxylation sites is 1. The van der Waals surface area contributed by atoms with Crippen LogP contribution in [0.15, 0.2) is 85.5 Å². The zero-order valence-electron chi connectivity index (χ0n) is 16.9. The predicted molar refractivity (Wildman–Crippen MR) is 114 cm³/mol. The molecule has 0 radical (unpaired) electrons. The Hall–Kier alpha value is -4.00. The van der Waals surface area contributed by atoms with Crippen molar-refractivity contribution in [3.8, 4) is 11.4 Å². The second-order valence-corrected chi connectivity index (χ2v) is 7.04. The summed E-state index contributed by atoms with van der Waals surface area (Å²) >= 11 is 0. The normalized spacial score (nSPS) is 11.7. The van der Waals surface area contributed by atoms with Crippen LogP contribution in [0.2, 0.25) is 0 Å². The first-order valence-electron chi connectivity index (χ1n) is 9.82. The van der Waals surface area contributed by atoms with Crippen LogP contribution in [0.25, 0.3) is 5.69 Å². The van der Waals surface area contributed by atoms with Gasteiger partial charge in [0.05, 0.1) is 17.3 Å². The van der Waals surface area contributed by atoms with Gasteiger partial charge in [0.15, 0.2) is 0 Å². The third kappa shape index (κ3) is 4.95. The van der Waals surface area contributed by atoms with Crippen LogP contribution in [0.5, 0.6) is 5.75 Å². The number of hydrogen-bond acceptors (Lipinski definition) is 4. The lowest BCUT2D eigenvalue weighted by Crippen LogP contribution is -2.27. The lowest BCUT2D eigenvalue weighted by molar-refractivity contribution is 0.0935. The van der Waals surface area contributed by atoms with E-state index < -0.39 is 0 Å². The molecule has 1 heterocycles. The monoisotopic (exact) mass is 416 g/mol. The summed E-state index contributed by atoms with van der Waals surface area (Å²) in [7, 11) is 0. The highest BCUT2D eigenvalue weighted by molar-refractivity contribution is 5.97. The van der Waals surface area contributed by atoms with E-state index in [0.717, 1.165) is 16.8 Å². The number of hydrogen-bond donors (Lipinski definition) is 1. The zero-order chi connectivity index (χ0) is 21.6. The molecule has 0 bridgehead atoms. The summed E-state index contributed by atoms with van der Waals surface area (Å²) in [5.74, 6) is -0.0625. The molecule has 6 nitrogen and oxygen atoms in total. The van der Waals surface area contributed by atoms with E-state index in [1.807, 2.05) is 37.3 Å². The summed E-state index contributed by atoms with van der Waals surface area (Å²) in [4.78, 5) is 16.8. The topological polar surface area (TPSA) is 69.0 Å². The number of halogens is 1. The molecular weight excluding hydrogens is 395 g/mol. The van der Waals surface area contributed by atoms with Crippen LogP contribution < -0.4 is 10.1 Å². The molecule has 1 atom stereocenters. The standard InChI is InChI=1S/C24H21FN4O2/c1-17(19-8-12-21(13-9-19)29-16-26-15-27-29)28-24(30)22-4-2-3-5-23(22)31-14-18-6-10-20(25)11-7-18/h2-13,15-17H,14H2,1H3,(H,28,30)/t17-/m0/s1. The molecule has 0 saturated heterocycles. The molecule has 3 aromatic carbocycles. The fourth-order valence-electron chi connectivity index (χ4n) is 3.14. The SMILES string of the molecule is C[C@H](NC(=O)c1ccccc1OCc1ccc(F)cc1)c1ccc(-n2cncn2)cc1. The van der Waals surface area contributed by atoms with Gasteiger partial charge in [-0.25, -0.2) is 14.1 Å². The molecule has 7 heteroatoms. The first-order valence-corrected chi connectivity index (χ1v) is 9.82. The molecular formula is C24H21FN4O2. The Morgan fingerprint density at radius 2 is 1.81 bits per heavy atom. The van der Waals surface area contributed by atoms with E-state index in [-0.39, 0.29) is 24.4 Å². The van der Waals surface area contributed by atoms with E-state index >= 15 is 0 Å². The first kappa shape index (κ1) is 20.3. The largest absolute Gasteiger partial charge is 0.488 e. The van der Waals surface area contributed by atoms with E-state index in [0.29, 0.717) is 11.3 Å². The van der Waals surface area contributed by atoms with E-state index in [9.17, 15) is 9.18 Å². The molecule has 0 aliphatic rings. The summed E-state index contributed by atoms with van der Waals surface area (Å²) in [6, 6.07) is 20.7. The van der Waals surface area contributed by atoms with Gasteiger partial charge in [-0.3, -0.25) is 4.79 Å². The Morgan fingerprint density at radius 3 is 2.52 bits per heavy atom. The van der Waals surface area contributed by atoms with Crippen LogP contribution in [0.4, 0.5) is 4.39 Å².